The lowest BCUT2D eigenvalue weighted by atomic mass is 10.1. The third kappa shape index (κ3) is 6.20. The highest BCUT2D eigenvalue weighted by Crippen LogP contribution is 2.34. The van der Waals surface area contributed by atoms with Crippen LogP contribution in [0.25, 0.3) is 6.08 Å². The fourth-order valence-electron chi connectivity index (χ4n) is 2.12. The van der Waals surface area contributed by atoms with Gasteiger partial charge in [-0.25, -0.2) is 4.79 Å². The second kappa shape index (κ2) is 9.93. The summed E-state index contributed by atoms with van der Waals surface area (Å²) in [7, 11) is 1.70. The van der Waals surface area contributed by atoms with Crippen molar-refractivity contribution in [1.82, 2.24) is 0 Å². The van der Waals surface area contributed by atoms with E-state index in [0.717, 1.165) is 16.2 Å². The number of hydrogen-bond donors (Lipinski definition) is 0. The van der Waals surface area contributed by atoms with Gasteiger partial charge in [-0.1, -0.05) is 36.0 Å². The molecular weight excluding hydrogens is 320 g/mol. The van der Waals surface area contributed by atoms with Gasteiger partial charge in [0.05, 0.1) is 13.7 Å². The van der Waals surface area contributed by atoms with E-state index in [-0.39, 0.29) is 5.97 Å². The average Bonchev–Trinajstić information content (AvgIpc) is 2.79. The Morgan fingerprint density at radius 1 is 1.17 bits per heavy atom. The van der Waals surface area contributed by atoms with E-state index in [1.54, 1.807) is 25.4 Å². The van der Waals surface area contributed by atoms with Crippen LogP contribution in [-0.4, -0.2) is 19.7 Å². The first-order chi connectivity index (χ1) is 11.4. The lowest BCUT2D eigenvalue weighted by Gasteiger charge is -1.97. The van der Waals surface area contributed by atoms with Gasteiger partial charge in [-0.2, -0.15) is 0 Å². The van der Waals surface area contributed by atoms with Gasteiger partial charge < -0.3 is 9.47 Å². The molecule has 0 aromatic carbocycles. The molecule has 1 aromatic heterocycles. The lowest BCUT2D eigenvalue weighted by molar-refractivity contribution is -0.137. The minimum Gasteiger partial charge on any atom is -0.487 e. The fraction of sp³-hybridized carbons (Fsp3) is 0.350. The SMILES string of the molecule is CCOC(=O)/C=C(C)/C=C/C=C(C)/C=C/c1c(C)sc(OC)c1C. The largest absolute Gasteiger partial charge is 0.487 e. The number of carbonyl (C=O) groups excluding carboxylic acids is 1. The second-order valence-corrected chi connectivity index (χ2v) is 6.62. The van der Waals surface area contributed by atoms with Gasteiger partial charge in [-0.05, 0) is 45.8 Å². The zero-order valence-corrected chi connectivity index (χ0v) is 16.1. The zero-order valence-electron chi connectivity index (χ0n) is 15.3. The van der Waals surface area contributed by atoms with E-state index in [9.17, 15) is 4.79 Å². The Hall–Kier alpha value is -2.07. The van der Waals surface area contributed by atoms with Crippen molar-refractivity contribution in [3.8, 4) is 5.06 Å². The minimum atomic E-state index is -0.308. The highest BCUT2D eigenvalue weighted by Gasteiger charge is 2.09. The van der Waals surface area contributed by atoms with E-state index in [1.807, 2.05) is 32.1 Å². The smallest absolute Gasteiger partial charge is 0.330 e. The van der Waals surface area contributed by atoms with Gasteiger partial charge in [0.2, 0.25) is 0 Å². The number of carbonyl (C=O) groups is 1. The molecule has 0 spiro atoms. The molecule has 0 saturated heterocycles. The Labute approximate surface area is 149 Å². The van der Waals surface area contributed by atoms with Crippen molar-refractivity contribution in [2.24, 2.45) is 0 Å². The number of aryl methyl sites for hydroxylation is 1. The van der Waals surface area contributed by atoms with E-state index >= 15 is 0 Å². The summed E-state index contributed by atoms with van der Waals surface area (Å²) in [6.45, 7) is 10.3. The van der Waals surface area contributed by atoms with Crippen molar-refractivity contribution in [3.63, 3.8) is 0 Å². The molecule has 0 fully saturated rings. The van der Waals surface area contributed by atoms with Crippen LogP contribution in [0.2, 0.25) is 0 Å². The van der Waals surface area contributed by atoms with E-state index in [4.69, 9.17) is 9.47 Å². The first-order valence-corrected chi connectivity index (χ1v) is 8.72. The Morgan fingerprint density at radius 2 is 1.88 bits per heavy atom. The highest BCUT2D eigenvalue weighted by molar-refractivity contribution is 7.14. The van der Waals surface area contributed by atoms with Crippen LogP contribution in [0.1, 0.15) is 36.8 Å². The Balaban J connectivity index is 2.76. The minimum absolute atomic E-state index is 0.308. The van der Waals surface area contributed by atoms with Crippen molar-refractivity contribution < 1.29 is 14.3 Å². The average molecular weight is 346 g/mol. The molecule has 3 nitrogen and oxygen atoms in total. The normalized spacial score (nSPS) is 13.1. The van der Waals surface area contributed by atoms with E-state index < -0.39 is 0 Å². The topological polar surface area (TPSA) is 35.5 Å². The molecule has 0 saturated carbocycles. The number of rotatable bonds is 7. The van der Waals surface area contributed by atoms with Crippen LogP contribution in [0.15, 0.2) is 41.5 Å². The number of allylic oxidation sites excluding steroid dienone is 6. The van der Waals surface area contributed by atoms with Gasteiger partial charge in [-0.15, -0.1) is 11.3 Å². The van der Waals surface area contributed by atoms with Crippen LogP contribution >= 0.6 is 11.3 Å². The molecule has 0 aliphatic rings. The molecule has 0 unspecified atom stereocenters. The fourth-order valence-corrected chi connectivity index (χ4v) is 3.08. The monoisotopic (exact) mass is 346 g/mol. The van der Waals surface area contributed by atoms with Crippen molar-refractivity contribution in [2.75, 3.05) is 13.7 Å². The molecule has 1 aromatic rings. The predicted molar refractivity (Wildman–Crippen MR) is 103 cm³/mol. The Bertz CT molecular complexity index is 688. The van der Waals surface area contributed by atoms with Crippen LogP contribution in [-0.2, 0) is 9.53 Å². The van der Waals surface area contributed by atoms with Gasteiger partial charge in [0.15, 0.2) is 5.06 Å². The van der Waals surface area contributed by atoms with Gasteiger partial charge in [0.25, 0.3) is 0 Å². The number of hydrogen-bond acceptors (Lipinski definition) is 4. The molecule has 0 bridgehead atoms. The van der Waals surface area contributed by atoms with Crippen LogP contribution in [0.5, 0.6) is 5.06 Å². The zero-order chi connectivity index (χ0) is 18.1. The maximum absolute atomic E-state index is 11.3. The molecule has 0 aliphatic heterocycles. The van der Waals surface area contributed by atoms with Crippen LogP contribution in [0.4, 0.5) is 0 Å². The second-order valence-electron chi connectivity index (χ2n) is 5.43. The van der Waals surface area contributed by atoms with Crippen molar-refractivity contribution in [3.05, 3.63) is 57.5 Å². The van der Waals surface area contributed by atoms with Gasteiger partial charge in [0.1, 0.15) is 0 Å². The Kier molecular flexibility index (Phi) is 8.27. The van der Waals surface area contributed by atoms with Gasteiger partial charge in [0, 0.05) is 16.5 Å². The van der Waals surface area contributed by atoms with Gasteiger partial charge in [-0.3, -0.25) is 0 Å². The van der Waals surface area contributed by atoms with E-state index in [1.165, 1.54) is 22.1 Å². The number of esters is 1. The van der Waals surface area contributed by atoms with Crippen molar-refractivity contribution in [2.45, 2.75) is 34.6 Å². The number of thiophene rings is 1. The molecule has 1 rings (SSSR count). The first kappa shape index (κ1) is 20.0. The quantitative estimate of drug-likeness (QED) is 0.377. The van der Waals surface area contributed by atoms with Gasteiger partial charge >= 0.3 is 5.97 Å². The summed E-state index contributed by atoms with van der Waals surface area (Å²) in [5.41, 5.74) is 4.37. The molecule has 24 heavy (non-hydrogen) atoms. The Morgan fingerprint density at radius 3 is 2.46 bits per heavy atom. The molecule has 0 radical (unpaired) electrons. The molecule has 0 amide bonds. The number of ether oxygens (including phenoxy) is 2. The van der Waals surface area contributed by atoms with Crippen LogP contribution in [0, 0.1) is 13.8 Å². The maximum Gasteiger partial charge on any atom is 0.330 e. The molecule has 130 valence electrons. The lowest BCUT2D eigenvalue weighted by Crippen LogP contribution is -1.99. The highest BCUT2D eigenvalue weighted by atomic mass is 32.1. The van der Waals surface area contributed by atoms with Crippen LogP contribution < -0.4 is 4.74 Å². The summed E-state index contributed by atoms with van der Waals surface area (Å²) in [4.78, 5) is 12.6. The summed E-state index contributed by atoms with van der Waals surface area (Å²) >= 11 is 1.67. The summed E-state index contributed by atoms with van der Waals surface area (Å²) in [5, 5.41) is 0.966. The first-order valence-electron chi connectivity index (χ1n) is 7.91. The molecule has 4 heteroatoms. The summed E-state index contributed by atoms with van der Waals surface area (Å²) in [6.07, 6.45) is 11.5. The van der Waals surface area contributed by atoms with E-state index in [0.29, 0.717) is 6.61 Å². The molecule has 1 heterocycles. The summed E-state index contributed by atoms with van der Waals surface area (Å²) in [5.74, 6) is -0.308. The predicted octanol–water partition coefficient (Wildman–Crippen LogP) is 5.40. The molecule has 0 aliphatic carbocycles. The standard InChI is InChI=1S/C20H26O3S/c1-7-23-19(21)13-15(3)10-8-9-14(2)11-12-18-16(4)20(22-6)24-17(18)5/h8-13H,7H2,1-6H3/b10-8+,12-11+,14-9+,15-13+. The van der Waals surface area contributed by atoms with Crippen molar-refractivity contribution in [1.29, 1.82) is 0 Å². The van der Waals surface area contributed by atoms with Crippen LogP contribution in [0.3, 0.4) is 0 Å². The molecule has 0 N–H and O–H groups in total. The molecular formula is C20H26O3S. The third-order valence-electron chi connectivity index (χ3n) is 3.38. The summed E-state index contributed by atoms with van der Waals surface area (Å²) in [6, 6.07) is 0. The van der Waals surface area contributed by atoms with E-state index in [2.05, 4.69) is 26.0 Å². The van der Waals surface area contributed by atoms with Crippen molar-refractivity contribution >= 4 is 23.4 Å². The number of methoxy groups -OCH3 is 1. The maximum atomic E-state index is 11.3. The third-order valence-corrected chi connectivity index (χ3v) is 4.57. The summed E-state index contributed by atoms with van der Waals surface area (Å²) < 4.78 is 10.2. The molecule has 0 atom stereocenters.